The number of pyridine rings is 1. The van der Waals surface area contributed by atoms with Crippen LogP contribution in [0.4, 0.5) is 18.0 Å². The van der Waals surface area contributed by atoms with Gasteiger partial charge in [-0.25, -0.2) is 9.78 Å². The van der Waals surface area contributed by atoms with Crippen molar-refractivity contribution in [2.24, 2.45) is 0 Å². The number of imidazole rings is 1. The molecule has 0 N–H and O–H groups in total. The summed E-state index contributed by atoms with van der Waals surface area (Å²) in [5.74, 6) is -0.494. The van der Waals surface area contributed by atoms with Crippen LogP contribution in [0.3, 0.4) is 0 Å². The van der Waals surface area contributed by atoms with Crippen LogP contribution in [-0.4, -0.2) is 70.3 Å². The Morgan fingerprint density at radius 1 is 1.30 bits per heavy atom. The number of nitrogens with zero attached hydrogens (tertiary/aromatic N) is 4. The first-order valence-corrected chi connectivity index (χ1v) is 11.2. The Morgan fingerprint density at radius 2 is 1.91 bits per heavy atom. The van der Waals surface area contributed by atoms with Crippen molar-refractivity contribution in [1.82, 2.24) is 19.2 Å². The van der Waals surface area contributed by atoms with Crippen molar-refractivity contribution in [2.45, 2.75) is 45.8 Å². The molecule has 0 bridgehead atoms. The summed E-state index contributed by atoms with van der Waals surface area (Å²) < 4.78 is 46.4. The van der Waals surface area contributed by atoms with E-state index in [2.05, 4.69) is 20.9 Å². The van der Waals surface area contributed by atoms with Gasteiger partial charge in [-0.2, -0.15) is 13.2 Å². The number of fused-ring (bicyclic) bond motifs is 1. The van der Waals surface area contributed by atoms with Crippen LogP contribution in [0.15, 0.2) is 16.9 Å². The lowest BCUT2D eigenvalue weighted by atomic mass is 10.0. The number of carbonyl (C=O) groups excluding carboxylic acids is 3. The third-order valence-corrected chi connectivity index (χ3v) is 5.93. The summed E-state index contributed by atoms with van der Waals surface area (Å²) in [6.07, 6.45) is -2.38. The van der Waals surface area contributed by atoms with E-state index < -0.39 is 23.7 Å². The first-order valence-electron chi connectivity index (χ1n) is 10.4. The highest BCUT2D eigenvalue weighted by Crippen LogP contribution is 2.35. The largest absolute Gasteiger partial charge is 0.442 e. The number of rotatable bonds is 4. The van der Waals surface area contributed by atoms with Crippen LogP contribution in [0.25, 0.3) is 5.65 Å². The number of halogens is 4. The quantitative estimate of drug-likeness (QED) is 0.545. The Kier molecular flexibility index (Phi) is 8.87. The number of aromatic nitrogens is 2. The molecular weight excluding hydrogens is 509 g/mol. The molecule has 3 heterocycles. The lowest BCUT2D eigenvalue weighted by molar-refractivity contribution is -0.136. The fourth-order valence-corrected chi connectivity index (χ4v) is 4.09. The van der Waals surface area contributed by atoms with Gasteiger partial charge in [-0.15, -0.1) is 0 Å². The molecule has 0 aliphatic carbocycles. The Morgan fingerprint density at radius 3 is 2.45 bits per heavy atom. The van der Waals surface area contributed by atoms with Crippen molar-refractivity contribution in [1.29, 1.82) is 0 Å². The molecule has 3 rings (SSSR count). The van der Waals surface area contributed by atoms with Gasteiger partial charge < -0.3 is 14.5 Å². The van der Waals surface area contributed by atoms with Crippen molar-refractivity contribution < 1.29 is 32.3 Å². The maximum Gasteiger partial charge on any atom is 0.419 e. The second kappa shape index (κ2) is 11.0. The number of aldehydes is 1. The van der Waals surface area contributed by atoms with E-state index in [-0.39, 0.29) is 28.6 Å². The smallest absolute Gasteiger partial charge is 0.419 e. The zero-order chi connectivity index (χ0) is 24.9. The maximum absolute atomic E-state index is 13.4. The van der Waals surface area contributed by atoms with E-state index in [1.165, 1.54) is 27.3 Å². The SMILES string of the molecule is CC.Cc1cc(C(F)(F)F)c2nc(C(=O)N3CCC(N(C)C(=O)OCC=O)CC3)c(Br)n2c1. The number of piperidine rings is 1. The summed E-state index contributed by atoms with van der Waals surface area (Å²) in [5, 5.41) is 0. The number of likely N-dealkylation sites (tertiary alicyclic amines) is 1. The summed E-state index contributed by atoms with van der Waals surface area (Å²) in [5.41, 5.74) is -0.988. The molecule has 1 aliphatic heterocycles. The second-order valence-corrected chi connectivity index (χ2v) is 8.00. The van der Waals surface area contributed by atoms with Gasteiger partial charge in [0.05, 0.1) is 5.56 Å². The minimum atomic E-state index is -4.61. The van der Waals surface area contributed by atoms with Crippen LogP contribution in [0.2, 0.25) is 0 Å². The van der Waals surface area contributed by atoms with E-state index in [1.807, 2.05) is 13.8 Å². The van der Waals surface area contributed by atoms with Crippen molar-refractivity contribution in [3.63, 3.8) is 0 Å². The van der Waals surface area contributed by atoms with Gasteiger partial charge in [0, 0.05) is 32.4 Å². The first kappa shape index (κ1) is 26.6. The second-order valence-electron chi connectivity index (χ2n) is 7.25. The number of carbonyl (C=O) groups is 3. The highest BCUT2D eigenvalue weighted by atomic mass is 79.9. The van der Waals surface area contributed by atoms with E-state index in [9.17, 15) is 27.6 Å². The molecule has 1 aliphatic rings. The lowest BCUT2D eigenvalue weighted by Gasteiger charge is -2.35. The molecule has 0 aromatic carbocycles. The molecule has 0 saturated carbocycles. The Hall–Kier alpha value is -2.63. The van der Waals surface area contributed by atoms with Gasteiger partial charge in [0.25, 0.3) is 5.91 Å². The minimum Gasteiger partial charge on any atom is -0.442 e. The molecule has 182 valence electrons. The van der Waals surface area contributed by atoms with Crippen LogP contribution in [0.5, 0.6) is 0 Å². The third-order valence-electron chi connectivity index (χ3n) is 5.17. The van der Waals surface area contributed by atoms with Crippen LogP contribution >= 0.6 is 15.9 Å². The fourth-order valence-electron chi connectivity index (χ4n) is 3.56. The predicted molar refractivity (Wildman–Crippen MR) is 118 cm³/mol. The number of aryl methyl sites for hydroxylation is 1. The minimum absolute atomic E-state index is 0.103. The van der Waals surface area contributed by atoms with Crippen molar-refractivity contribution >= 4 is 39.9 Å². The van der Waals surface area contributed by atoms with Crippen molar-refractivity contribution in [2.75, 3.05) is 26.7 Å². The Bertz CT molecular complexity index is 1020. The van der Waals surface area contributed by atoms with E-state index in [0.717, 1.165) is 6.07 Å². The molecule has 2 aromatic rings. The highest BCUT2D eigenvalue weighted by molar-refractivity contribution is 9.10. The number of hydrogen-bond donors (Lipinski definition) is 0. The number of alkyl halides is 3. The van der Waals surface area contributed by atoms with Gasteiger partial charge in [0.2, 0.25) is 0 Å². The molecule has 0 radical (unpaired) electrons. The average molecular weight is 535 g/mol. The number of hydrogen-bond acceptors (Lipinski definition) is 5. The fraction of sp³-hybridized carbons (Fsp3) is 0.524. The molecule has 0 atom stereocenters. The molecule has 2 aromatic heterocycles. The summed E-state index contributed by atoms with van der Waals surface area (Å²) in [4.78, 5) is 42.1. The van der Waals surface area contributed by atoms with Crippen LogP contribution in [0.1, 0.15) is 48.3 Å². The highest BCUT2D eigenvalue weighted by Gasteiger charge is 2.36. The van der Waals surface area contributed by atoms with Crippen molar-refractivity contribution in [3.8, 4) is 0 Å². The van der Waals surface area contributed by atoms with Gasteiger partial charge in [-0.1, -0.05) is 13.8 Å². The Balaban J connectivity index is 0.00000187. The van der Waals surface area contributed by atoms with Crippen molar-refractivity contribution in [3.05, 3.63) is 33.7 Å². The van der Waals surface area contributed by atoms with E-state index in [1.54, 1.807) is 7.05 Å². The van der Waals surface area contributed by atoms with Crippen LogP contribution in [0, 0.1) is 6.92 Å². The molecule has 8 nitrogen and oxygen atoms in total. The topological polar surface area (TPSA) is 84.2 Å². The van der Waals surface area contributed by atoms with Gasteiger partial charge in [-0.05, 0) is 47.3 Å². The average Bonchev–Trinajstić information content (AvgIpc) is 3.12. The van der Waals surface area contributed by atoms with E-state index in [4.69, 9.17) is 4.74 Å². The molecular formula is C21H26BrF3N4O4. The Labute approximate surface area is 197 Å². The first-order chi connectivity index (χ1) is 15.5. The van der Waals surface area contributed by atoms with Gasteiger partial charge in [-0.3, -0.25) is 14.0 Å². The van der Waals surface area contributed by atoms with Gasteiger partial charge >= 0.3 is 12.3 Å². The summed E-state index contributed by atoms with van der Waals surface area (Å²) >= 11 is 3.22. The van der Waals surface area contributed by atoms with E-state index in [0.29, 0.717) is 37.8 Å². The zero-order valence-corrected chi connectivity index (χ0v) is 20.4. The molecule has 2 amide bonds. The third kappa shape index (κ3) is 5.84. The molecule has 12 heteroatoms. The summed E-state index contributed by atoms with van der Waals surface area (Å²) in [6, 6.07) is 0.806. The number of amides is 2. The predicted octanol–water partition coefficient (Wildman–Crippen LogP) is 4.32. The lowest BCUT2D eigenvalue weighted by Crippen LogP contribution is -2.47. The molecule has 0 spiro atoms. The molecule has 1 fully saturated rings. The molecule has 1 saturated heterocycles. The molecule has 0 unspecified atom stereocenters. The number of ether oxygens (including phenoxy) is 1. The van der Waals surface area contributed by atoms with Crippen LogP contribution in [-0.2, 0) is 15.7 Å². The maximum atomic E-state index is 13.4. The van der Waals surface area contributed by atoms with E-state index >= 15 is 0 Å². The normalized spacial score (nSPS) is 14.5. The zero-order valence-electron chi connectivity index (χ0n) is 18.8. The summed E-state index contributed by atoms with van der Waals surface area (Å²) in [6.45, 7) is 5.78. The summed E-state index contributed by atoms with van der Waals surface area (Å²) in [7, 11) is 1.55. The van der Waals surface area contributed by atoms with Gasteiger partial charge in [0.1, 0.15) is 11.2 Å². The standard InChI is InChI=1S/C19H20BrF3N4O4.C2H6/c1-11-9-13(19(21,22)23)16-24-14(15(20)27(16)10-11)17(29)26-5-3-12(4-6-26)25(2)18(30)31-8-7-28;1-2/h7,9-10,12H,3-6,8H2,1-2H3;1-2H3. The van der Waals surface area contributed by atoms with Crippen LogP contribution < -0.4 is 0 Å². The van der Waals surface area contributed by atoms with Gasteiger partial charge in [0.15, 0.2) is 17.6 Å². The monoisotopic (exact) mass is 534 g/mol. The molecule has 33 heavy (non-hydrogen) atoms.